The van der Waals surface area contributed by atoms with Gasteiger partial charge in [0.1, 0.15) is 0 Å². The number of hydrogen-bond acceptors (Lipinski definition) is 5. The summed E-state index contributed by atoms with van der Waals surface area (Å²) < 4.78 is 4.73. The van der Waals surface area contributed by atoms with Gasteiger partial charge >= 0.3 is 5.63 Å². The van der Waals surface area contributed by atoms with Crippen molar-refractivity contribution in [1.82, 2.24) is 5.16 Å². The van der Waals surface area contributed by atoms with E-state index in [0.717, 1.165) is 0 Å². The highest BCUT2D eigenvalue weighted by Gasteiger charge is 2.39. The molecular weight excluding hydrogens is 368 g/mol. The summed E-state index contributed by atoms with van der Waals surface area (Å²) in [4.78, 5) is 25.1. The summed E-state index contributed by atoms with van der Waals surface area (Å²) >= 11 is 0. The van der Waals surface area contributed by atoms with Gasteiger partial charge in [-0.25, -0.2) is 4.79 Å². The molecule has 3 aromatic carbocycles. The predicted octanol–water partition coefficient (Wildman–Crippen LogP) is 3.37. The van der Waals surface area contributed by atoms with Gasteiger partial charge in [-0.05, 0) is 36.2 Å². The van der Waals surface area contributed by atoms with Crippen LogP contribution >= 0.6 is 0 Å². The second kappa shape index (κ2) is 7.33. The molecule has 0 atom stereocenters. The summed E-state index contributed by atoms with van der Waals surface area (Å²) in [6.07, 6.45) is 0. The molecule has 0 fully saturated rings. The maximum absolute atomic E-state index is 13.3. The number of carbonyl (C=O) groups is 1. The van der Waals surface area contributed by atoms with Crippen LogP contribution in [0.25, 0.3) is 10.8 Å². The predicted molar refractivity (Wildman–Crippen MR) is 110 cm³/mol. The van der Waals surface area contributed by atoms with Crippen LogP contribution in [0, 0.1) is 6.92 Å². The number of rotatable bonds is 4. The summed E-state index contributed by atoms with van der Waals surface area (Å²) in [5.41, 5.74) is -0.583. The first kappa shape index (κ1) is 18.6. The van der Waals surface area contributed by atoms with E-state index in [0.29, 0.717) is 33.3 Å². The summed E-state index contributed by atoms with van der Waals surface area (Å²) in [5.74, 6) is -0.608. The molecule has 4 aromatic rings. The van der Waals surface area contributed by atoms with E-state index in [1.54, 1.807) is 73.7 Å². The minimum atomic E-state index is -1.89. The largest absolute Gasteiger partial charge is 0.372 e. The van der Waals surface area contributed by atoms with Crippen molar-refractivity contribution in [3.05, 3.63) is 106 Å². The Morgan fingerprint density at radius 3 is 2.10 bits per heavy atom. The van der Waals surface area contributed by atoms with Gasteiger partial charge in [-0.1, -0.05) is 65.8 Å². The summed E-state index contributed by atoms with van der Waals surface area (Å²) in [6.45, 7) is 1.71. The third-order valence-electron chi connectivity index (χ3n) is 4.86. The van der Waals surface area contributed by atoms with Crippen molar-refractivity contribution >= 4 is 22.4 Å². The molecule has 0 aliphatic carbocycles. The smallest absolute Gasteiger partial charge is 0.366 e. The Kier molecular flexibility index (Phi) is 4.70. The van der Waals surface area contributed by atoms with Crippen molar-refractivity contribution in [2.45, 2.75) is 12.5 Å². The maximum Gasteiger partial charge on any atom is 0.366 e. The molecule has 0 unspecified atom stereocenters. The third-order valence-corrected chi connectivity index (χ3v) is 4.86. The molecule has 0 bridgehead atoms. The number of fused-ring (bicyclic) bond motifs is 1. The van der Waals surface area contributed by atoms with E-state index >= 15 is 0 Å². The fourth-order valence-electron chi connectivity index (χ4n) is 3.32. The molecule has 0 saturated heterocycles. The summed E-state index contributed by atoms with van der Waals surface area (Å²) in [6, 6.07) is 22.3. The van der Waals surface area contributed by atoms with E-state index in [9.17, 15) is 14.7 Å². The lowest BCUT2D eigenvalue weighted by Gasteiger charge is -2.28. The van der Waals surface area contributed by atoms with E-state index in [2.05, 4.69) is 10.5 Å². The lowest BCUT2D eigenvalue weighted by Crippen LogP contribution is -2.41. The molecule has 4 rings (SSSR count). The van der Waals surface area contributed by atoms with Crippen LogP contribution in [-0.4, -0.2) is 16.2 Å². The van der Waals surface area contributed by atoms with Crippen molar-refractivity contribution in [2.75, 3.05) is 5.32 Å². The average molecular weight is 386 g/mol. The number of nitrogens with one attached hydrogen (secondary N) is 1. The number of anilines is 1. The van der Waals surface area contributed by atoms with E-state index in [4.69, 9.17) is 4.52 Å². The summed E-state index contributed by atoms with van der Waals surface area (Å²) in [7, 11) is 0. The Balaban J connectivity index is 1.77. The highest BCUT2D eigenvalue weighted by molar-refractivity contribution is 6.01. The second-order valence-corrected chi connectivity index (χ2v) is 6.71. The van der Waals surface area contributed by atoms with Gasteiger partial charge in [0.25, 0.3) is 5.91 Å². The number of amides is 1. The lowest BCUT2D eigenvalue weighted by atomic mass is 9.85. The van der Waals surface area contributed by atoms with E-state index < -0.39 is 17.1 Å². The van der Waals surface area contributed by atoms with Crippen LogP contribution < -0.4 is 10.9 Å². The molecule has 0 spiro atoms. The van der Waals surface area contributed by atoms with Crippen LogP contribution in [0.3, 0.4) is 0 Å². The van der Waals surface area contributed by atoms with Crippen LogP contribution in [0.4, 0.5) is 5.69 Å². The van der Waals surface area contributed by atoms with Gasteiger partial charge in [0.05, 0.1) is 11.1 Å². The number of aryl methyl sites for hydroxylation is 1. The van der Waals surface area contributed by atoms with Crippen molar-refractivity contribution in [3.8, 4) is 0 Å². The monoisotopic (exact) mass is 386 g/mol. The standard InChI is InChI=1S/C23H18N2O4/c1-15-20-14-18(12-13-19(20)21(26)29-25-15)24-22(27)23(28,16-8-4-2-5-9-16)17-10-6-3-7-11-17/h2-14,28H,1H3,(H,24,27). The van der Waals surface area contributed by atoms with Crippen LogP contribution in [0.15, 0.2) is 88.2 Å². The molecular formula is C23H18N2O4. The highest BCUT2D eigenvalue weighted by Crippen LogP contribution is 2.31. The van der Waals surface area contributed by atoms with Crippen molar-refractivity contribution in [3.63, 3.8) is 0 Å². The first-order valence-corrected chi connectivity index (χ1v) is 9.05. The SMILES string of the molecule is Cc1noc(=O)c2ccc(NC(=O)C(O)(c3ccccc3)c3ccccc3)cc12. The first-order chi connectivity index (χ1) is 14.0. The minimum Gasteiger partial charge on any atom is -0.372 e. The number of benzene rings is 3. The molecule has 144 valence electrons. The molecule has 0 saturated carbocycles. The van der Waals surface area contributed by atoms with Gasteiger partial charge in [-0.2, -0.15) is 0 Å². The van der Waals surface area contributed by atoms with Gasteiger partial charge in [-0.15, -0.1) is 0 Å². The Bertz CT molecular complexity index is 1190. The third kappa shape index (κ3) is 3.30. The van der Waals surface area contributed by atoms with Crippen LogP contribution in [-0.2, 0) is 10.4 Å². The van der Waals surface area contributed by atoms with Crippen LogP contribution in [0.2, 0.25) is 0 Å². The Hall–Kier alpha value is -3.77. The normalized spacial score (nSPS) is 11.4. The first-order valence-electron chi connectivity index (χ1n) is 9.05. The van der Waals surface area contributed by atoms with Gasteiger partial charge in [0.15, 0.2) is 5.60 Å². The Morgan fingerprint density at radius 2 is 1.52 bits per heavy atom. The molecule has 6 nitrogen and oxygen atoms in total. The fourth-order valence-corrected chi connectivity index (χ4v) is 3.32. The number of hydrogen-bond donors (Lipinski definition) is 2. The topological polar surface area (TPSA) is 92.4 Å². The molecule has 1 heterocycles. The molecule has 1 aromatic heterocycles. The number of aromatic nitrogens is 1. The van der Waals surface area contributed by atoms with Crippen molar-refractivity contribution < 1.29 is 14.4 Å². The van der Waals surface area contributed by atoms with Gasteiger partial charge in [0, 0.05) is 11.1 Å². The molecule has 6 heteroatoms. The Labute approximate surface area is 166 Å². The number of nitrogens with zero attached hydrogens (tertiary/aromatic N) is 1. The number of aliphatic hydroxyl groups is 1. The van der Waals surface area contributed by atoms with Crippen LogP contribution in [0.5, 0.6) is 0 Å². The lowest BCUT2D eigenvalue weighted by molar-refractivity contribution is -0.131. The zero-order chi connectivity index (χ0) is 20.4. The molecule has 2 N–H and O–H groups in total. The maximum atomic E-state index is 13.3. The van der Waals surface area contributed by atoms with Crippen LogP contribution in [0.1, 0.15) is 16.8 Å². The van der Waals surface area contributed by atoms with E-state index in [-0.39, 0.29) is 0 Å². The average Bonchev–Trinajstić information content (AvgIpc) is 2.77. The molecule has 0 aliphatic rings. The minimum absolute atomic E-state index is 0.372. The molecule has 0 radical (unpaired) electrons. The quantitative estimate of drug-likeness (QED) is 0.561. The van der Waals surface area contributed by atoms with E-state index in [1.807, 2.05) is 12.1 Å². The van der Waals surface area contributed by atoms with Crippen molar-refractivity contribution in [1.29, 1.82) is 0 Å². The molecule has 0 aliphatic heterocycles. The van der Waals surface area contributed by atoms with E-state index in [1.165, 1.54) is 0 Å². The molecule has 1 amide bonds. The number of carbonyl (C=O) groups excluding carboxylic acids is 1. The van der Waals surface area contributed by atoms with Gasteiger partial charge in [-0.3, -0.25) is 4.79 Å². The van der Waals surface area contributed by atoms with Gasteiger partial charge in [0.2, 0.25) is 0 Å². The molecule has 29 heavy (non-hydrogen) atoms. The zero-order valence-electron chi connectivity index (χ0n) is 15.6. The Morgan fingerprint density at radius 1 is 0.931 bits per heavy atom. The highest BCUT2D eigenvalue weighted by atomic mass is 16.5. The van der Waals surface area contributed by atoms with Gasteiger partial charge < -0.3 is 14.9 Å². The summed E-state index contributed by atoms with van der Waals surface area (Å²) in [5, 5.41) is 18.9. The fraction of sp³-hybridized carbons (Fsp3) is 0.0870. The zero-order valence-corrected chi connectivity index (χ0v) is 15.6. The second-order valence-electron chi connectivity index (χ2n) is 6.71. The van der Waals surface area contributed by atoms with Crippen molar-refractivity contribution in [2.24, 2.45) is 0 Å².